The molecule has 2 aromatic rings. The highest BCUT2D eigenvalue weighted by atomic mass is 32.2. The summed E-state index contributed by atoms with van der Waals surface area (Å²) in [5.74, 6) is 0. The van der Waals surface area contributed by atoms with E-state index in [4.69, 9.17) is 0 Å². The molecule has 6 heteroatoms. The van der Waals surface area contributed by atoms with Crippen LogP contribution in [0.5, 0.6) is 0 Å². The third-order valence-corrected chi connectivity index (χ3v) is 5.38. The van der Waals surface area contributed by atoms with Gasteiger partial charge in [0.25, 0.3) is 0 Å². The number of benzene rings is 1. The number of hydrogen-bond donors (Lipinski definition) is 1. The van der Waals surface area contributed by atoms with E-state index >= 15 is 0 Å². The first-order chi connectivity index (χ1) is 9.86. The zero-order chi connectivity index (χ0) is 15.6. The molecule has 0 radical (unpaired) electrons. The predicted octanol–water partition coefficient (Wildman–Crippen LogP) is 1.65. The fraction of sp³-hybridized carbons (Fsp3) is 0.333. The summed E-state index contributed by atoms with van der Waals surface area (Å²) in [7, 11) is -0.287. The average molecular weight is 308 g/mol. The van der Waals surface area contributed by atoms with Gasteiger partial charge in [-0.1, -0.05) is 24.3 Å². The van der Waals surface area contributed by atoms with E-state index in [0.717, 1.165) is 11.1 Å². The van der Waals surface area contributed by atoms with Crippen molar-refractivity contribution in [1.82, 2.24) is 8.87 Å². The van der Waals surface area contributed by atoms with Crippen molar-refractivity contribution in [2.45, 2.75) is 25.0 Å². The first-order valence-electron chi connectivity index (χ1n) is 6.63. The number of aromatic nitrogens is 1. The smallest absolute Gasteiger partial charge is 0.244 e. The molecule has 0 saturated heterocycles. The van der Waals surface area contributed by atoms with Crippen LogP contribution < -0.4 is 0 Å². The van der Waals surface area contributed by atoms with E-state index in [1.54, 1.807) is 18.7 Å². The Labute approximate surface area is 125 Å². The van der Waals surface area contributed by atoms with Gasteiger partial charge in [0.2, 0.25) is 10.0 Å². The molecule has 0 aliphatic carbocycles. The summed E-state index contributed by atoms with van der Waals surface area (Å²) in [4.78, 5) is 0.199. The lowest BCUT2D eigenvalue weighted by Gasteiger charge is -2.17. The number of nitrogens with zero attached hydrogens (tertiary/aromatic N) is 2. The molecule has 0 unspecified atom stereocenters. The predicted molar refractivity (Wildman–Crippen MR) is 81.2 cm³/mol. The third-order valence-electron chi connectivity index (χ3n) is 3.61. The van der Waals surface area contributed by atoms with Gasteiger partial charge < -0.3 is 9.67 Å². The Balaban J connectivity index is 2.28. The van der Waals surface area contributed by atoms with Gasteiger partial charge in [-0.2, -0.15) is 4.31 Å². The minimum Gasteiger partial charge on any atom is -0.390 e. The third kappa shape index (κ3) is 3.18. The van der Waals surface area contributed by atoms with Crippen LogP contribution in [0, 0.1) is 6.92 Å². The lowest BCUT2D eigenvalue weighted by atomic mass is 10.1. The lowest BCUT2D eigenvalue weighted by molar-refractivity contribution is 0.272. The van der Waals surface area contributed by atoms with E-state index in [1.807, 2.05) is 31.2 Å². The first kappa shape index (κ1) is 15.8. The zero-order valence-corrected chi connectivity index (χ0v) is 13.3. The molecule has 1 N–H and O–H groups in total. The summed E-state index contributed by atoms with van der Waals surface area (Å²) in [6.45, 7) is 2.09. The average Bonchev–Trinajstić information content (AvgIpc) is 2.83. The van der Waals surface area contributed by atoms with Crippen molar-refractivity contribution in [2.24, 2.45) is 7.05 Å². The molecule has 1 aromatic carbocycles. The zero-order valence-electron chi connectivity index (χ0n) is 12.4. The standard InChI is InChI=1S/C15H20N2O3S/c1-12-6-4-5-7-13(12)9-17(3)21(19,20)15-8-14(11-18)16(2)10-15/h4-8,10,18H,9,11H2,1-3H3. The van der Waals surface area contributed by atoms with Crippen LogP contribution in [0.3, 0.4) is 0 Å². The van der Waals surface area contributed by atoms with Crippen molar-refractivity contribution in [3.05, 3.63) is 53.3 Å². The van der Waals surface area contributed by atoms with E-state index in [9.17, 15) is 13.5 Å². The van der Waals surface area contributed by atoms with E-state index in [0.29, 0.717) is 12.2 Å². The monoisotopic (exact) mass is 308 g/mol. The molecule has 5 nitrogen and oxygen atoms in total. The second kappa shape index (κ2) is 6.01. The fourth-order valence-corrected chi connectivity index (χ4v) is 3.41. The van der Waals surface area contributed by atoms with Gasteiger partial charge in [0.1, 0.15) is 4.90 Å². The van der Waals surface area contributed by atoms with Crippen LogP contribution in [-0.4, -0.2) is 29.4 Å². The molecule has 0 aliphatic rings. The summed E-state index contributed by atoms with van der Waals surface area (Å²) in [6.07, 6.45) is 1.52. The van der Waals surface area contributed by atoms with Crippen LogP contribution in [-0.2, 0) is 30.2 Å². The topological polar surface area (TPSA) is 62.5 Å². The molecule has 0 bridgehead atoms. The number of sulfonamides is 1. The van der Waals surface area contributed by atoms with Crippen molar-refractivity contribution >= 4 is 10.0 Å². The normalized spacial score (nSPS) is 12.0. The van der Waals surface area contributed by atoms with Crippen LogP contribution in [0.2, 0.25) is 0 Å². The van der Waals surface area contributed by atoms with Gasteiger partial charge in [-0.05, 0) is 24.1 Å². The molecule has 0 fully saturated rings. The van der Waals surface area contributed by atoms with Crippen molar-refractivity contribution in [3.8, 4) is 0 Å². The maximum absolute atomic E-state index is 12.6. The largest absolute Gasteiger partial charge is 0.390 e. The van der Waals surface area contributed by atoms with E-state index in [1.165, 1.54) is 16.6 Å². The second-order valence-corrected chi connectivity index (χ2v) is 7.17. The Morgan fingerprint density at radius 3 is 2.52 bits per heavy atom. The molecule has 0 atom stereocenters. The molecular formula is C15H20N2O3S. The van der Waals surface area contributed by atoms with Gasteiger partial charge >= 0.3 is 0 Å². The maximum Gasteiger partial charge on any atom is 0.244 e. The Bertz CT molecular complexity index is 735. The molecule has 0 spiro atoms. The SMILES string of the molecule is Cc1ccccc1CN(C)S(=O)(=O)c1cc(CO)n(C)c1. The number of rotatable bonds is 5. The highest BCUT2D eigenvalue weighted by Gasteiger charge is 2.23. The number of hydrogen-bond acceptors (Lipinski definition) is 3. The van der Waals surface area contributed by atoms with Crippen molar-refractivity contribution < 1.29 is 13.5 Å². The maximum atomic E-state index is 12.6. The lowest BCUT2D eigenvalue weighted by Crippen LogP contribution is -2.26. The Morgan fingerprint density at radius 1 is 1.29 bits per heavy atom. The molecule has 21 heavy (non-hydrogen) atoms. The van der Waals surface area contributed by atoms with Gasteiger partial charge in [0.15, 0.2) is 0 Å². The number of aliphatic hydroxyl groups is 1. The molecule has 0 amide bonds. The molecule has 1 aromatic heterocycles. The number of aryl methyl sites for hydroxylation is 2. The van der Waals surface area contributed by atoms with Crippen LogP contribution in [0.25, 0.3) is 0 Å². The summed E-state index contributed by atoms with van der Waals surface area (Å²) in [5, 5.41) is 9.18. The number of aliphatic hydroxyl groups excluding tert-OH is 1. The Kier molecular flexibility index (Phi) is 4.51. The second-order valence-electron chi connectivity index (χ2n) is 5.12. The van der Waals surface area contributed by atoms with Crippen LogP contribution in [0.15, 0.2) is 41.4 Å². The summed E-state index contributed by atoms with van der Waals surface area (Å²) >= 11 is 0. The fourth-order valence-electron chi connectivity index (χ4n) is 2.17. The highest BCUT2D eigenvalue weighted by molar-refractivity contribution is 7.89. The molecule has 0 aliphatic heterocycles. The van der Waals surface area contributed by atoms with Gasteiger partial charge in [0, 0.05) is 32.5 Å². The first-order valence-corrected chi connectivity index (χ1v) is 8.07. The van der Waals surface area contributed by atoms with Gasteiger partial charge in [-0.15, -0.1) is 0 Å². The van der Waals surface area contributed by atoms with Crippen molar-refractivity contribution in [2.75, 3.05) is 7.05 Å². The van der Waals surface area contributed by atoms with E-state index in [2.05, 4.69) is 0 Å². The Hall–Kier alpha value is -1.63. The van der Waals surface area contributed by atoms with E-state index < -0.39 is 10.0 Å². The van der Waals surface area contributed by atoms with Crippen LogP contribution in [0.4, 0.5) is 0 Å². The summed E-state index contributed by atoms with van der Waals surface area (Å²) in [5.41, 5.74) is 2.60. The molecule has 0 saturated carbocycles. The van der Waals surface area contributed by atoms with Crippen molar-refractivity contribution in [3.63, 3.8) is 0 Å². The van der Waals surface area contributed by atoms with Crippen molar-refractivity contribution in [1.29, 1.82) is 0 Å². The van der Waals surface area contributed by atoms with Gasteiger partial charge in [-0.25, -0.2) is 8.42 Å². The minimum absolute atomic E-state index is 0.187. The Morgan fingerprint density at radius 2 is 1.95 bits per heavy atom. The summed E-state index contributed by atoms with van der Waals surface area (Å²) < 4.78 is 28.1. The van der Waals surface area contributed by atoms with Crippen LogP contribution in [0.1, 0.15) is 16.8 Å². The van der Waals surface area contributed by atoms with Gasteiger partial charge in [-0.3, -0.25) is 0 Å². The quantitative estimate of drug-likeness (QED) is 0.913. The van der Waals surface area contributed by atoms with E-state index in [-0.39, 0.29) is 11.5 Å². The molecule has 2 rings (SSSR count). The minimum atomic E-state index is -3.56. The summed E-state index contributed by atoms with van der Waals surface area (Å²) in [6, 6.07) is 9.21. The highest BCUT2D eigenvalue weighted by Crippen LogP contribution is 2.20. The van der Waals surface area contributed by atoms with Gasteiger partial charge in [0.05, 0.1) is 6.61 Å². The van der Waals surface area contributed by atoms with Crippen LogP contribution >= 0.6 is 0 Å². The molecular weight excluding hydrogens is 288 g/mol. The molecule has 114 valence electrons. The molecule has 1 heterocycles.